The lowest BCUT2D eigenvalue weighted by atomic mass is 9.97. The van der Waals surface area contributed by atoms with Crippen LogP contribution in [0.1, 0.15) is 25.3 Å². The van der Waals surface area contributed by atoms with Crippen LogP contribution >= 0.6 is 11.6 Å². The van der Waals surface area contributed by atoms with Crippen molar-refractivity contribution in [2.75, 3.05) is 24.5 Å². The Bertz CT molecular complexity index is 540. The van der Waals surface area contributed by atoms with E-state index in [9.17, 15) is 4.79 Å². The summed E-state index contributed by atoms with van der Waals surface area (Å²) in [6, 6.07) is 3.62. The molecule has 1 atom stereocenters. The van der Waals surface area contributed by atoms with Crippen LogP contribution in [-0.4, -0.2) is 30.5 Å². The average Bonchev–Trinajstić information content (AvgIpc) is 2.47. The van der Waals surface area contributed by atoms with Gasteiger partial charge in [-0.1, -0.05) is 11.6 Å². The summed E-state index contributed by atoms with van der Waals surface area (Å²) in [7, 11) is 0. The standard InChI is InChI=1S/C14H17ClN4O/c1-2-17-14(20)11-4-3-5-19(9-11)13-12(15)6-10(7-16)8-18-13/h6,8,11H,2-5,9H2,1H3,(H,17,20). The summed E-state index contributed by atoms with van der Waals surface area (Å²) in [6.07, 6.45) is 3.33. The molecule has 2 heterocycles. The molecule has 0 aromatic carbocycles. The van der Waals surface area contributed by atoms with Crippen molar-refractivity contribution >= 4 is 23.3 Å². The number of aromatic nitrogens is 1. The van der Waals surface area contributed by atoms with E-state index in [1.807, 2.05) is 17.9 Å². The lowest BCUT2D eigenvalue weighted by Crippen LogP contribution is -2.43. The second kappa shape index (κ2) is 6.58. The summed E-state index contributed by atoms with van der Waals surface area (Å²) in [6.45, 7) is 4.00. The van der Waals surface area contributed by atoms with Crippen molar-refractivity contribution in [3.63, 3.8) is 0 Å². The highest BCUT2D eigenvalue weighted by Gasteiger charge is 2.27. The average molecular weight is 293 g/mol. The van der Waals surface area contributed by atoms with Crippen molar-refractivity contribution < 1.29 is 4.79 Å². The molecule has 1 amide bonds. The molecule has 5 nitrogen and oxygen atoms in total. The number of halogens is 1. The molecule has 6 heteroatoms. The van der Waals surface area contributed by atoms with Crippen LogP contribution in [0.2, 0.25) is 5.02 Å². The molecule has 1 aromatic heterocycles. The van der Waals surface area contributed by atoms with Gasteiger partial charge in [0.1, 0.15) is 11.9 Å². The van der Waals surface area contributed by atoms with Crippen LogP contribution in [0.15, 0.2) is 12.3 Å². The summed E-state index contributed by atoms with van der Waals surface area (Å²) < 4.78 is 0. The fraction of sp³-hybridized carbons (Fsp3) is 0.500. The van der Waals surface area contributed by atoms with Gasteiger partial charge in [-0.05, 0) is 25.8 Å². The van der Waals surface area contributed by atoms with Gasteiger partial charge in [0.25, 0.3) is 0 Å². The predicted octanol–water partition coefficient (Wildman–Crippen LogP) is 1.96. The number of nitrogens with zero attached hydrogens (tertiary/aromatic N) is 3. The molecule has 20 heavy (non-hydrogen) atoms. The highest BCUT2D eigenvalue weighted by molar-refractivity contribution is 6.33. The van der Waals surface area contributed by atoms with Crippen LogP contribution in [0, 0.1) is 17.2 Å². The van der Waals surface area contributed by atoms with Gasteiger partial charge in [0.05, 0.1) is 16.5 Å². The van der Waals surface area contributed by atoms with E-state index in [1.54, 1.807) is 6.07 Å². The number of carbonyl (C=O) groups is 1. The van der Waals surface area contributed by atoms with E-state index in [0.717, 1.165) is 19.4 Å². The molecule has 0 radical (unpaired) electrons. The van der Waals surface area contributed by atoms with Crippen LogP contribution in [0.3, 0.4) is 0 Å². The summed E-state index contributed by atoms with van der Waals surface area (Å²) in [5.41, 5.74) is 0.441. The van der Waals surface area contributed by atoms with Crippen molar-refractivity contribution in [3.8, 4) is 6.07 Å². The van der Waals surface area contributed by atoms with Crippen LogP contribution in [0.25, 0.3) is 0 Å². The SMILES string of the molecule is CCNC(=O)C1CCCN(c2ncc(C#N)cc2Cl)C1. The highest BCUT2D eigenvalue weighted by atomic mass is 35.5. The fourth-order valence-corrected chi connectivity index (χ4v) is 2.71. The molecule has 1 aliphatic rings. The summed E-state index contributed by atoms with van der Waals surface area (Å²) >= 11 is 6.17. The Morgan fingerprint density at radius 2 is 2.50 bits per heavy atom. The zero-order valence-corrected chi connectivity index (χ0v) is 12.2. The molecule has 1 unspecified atom stereocenters. The quantitative estimate of drug-likeness (QED) is 0.924. The number of carbonyl (C=O) groups excluding carboxylic acids is 1. The minimum atomic E-state index is -0.0304. The Morgan fingerprint density at radius 1 is 1.70 bits per heavy atom. The van der Waals surface area contributed by atoms with E-state index >= 15 is 0 Å². The van der Waals surface area contributed by atoms with E-state index in [2.05, 4.69) is 10.3 Å². The first-order valence-corrected chi connectivity index (χ1v) is 7.11. The van der Waals surface area contributed by atoms with E-state index in [0.29, 0.717) is 29.5 Å². The van der Waals surface area contributed by atoms with Gasteiger partial charge in [0, 0.05) is 25.8 Å². The van der Waals surface area contributed by atoms with E-state index in [-0.39, 0.29) is 11.8 Å². The Hall–Kier alpha value is -1.80. The third-order valence-corrected chi connectivity index (χ3v) is 3.67. The molecule has 0 saturated carbocycles. The van der Waals surface area contributed by atoms with E-state index in [4.69, 9.17) is 16.9 Å². The maximum Gasteiger partial charge on any atom is 0.224 e. The molecule has 1 aromatic rings. The first kappa shape index (κ1) is 14.6. The molecule has 0 aliphatic carbocycles. The Kier molecular flexibility index (Phi) is 4.80. The normalized spacial score (nSPS) is 18.4. The maximum atomic E-state index is 11.9. The van der Waals surface area contributed by atoms with Crippen LogP contribution in [0.5, 0.6) is 0 Å². The third kappa shape index (κ3) is 3.20. The van der Waals surface area contributed by atoms with Crippen LogP contribution < -0.4 is 10.2 Å². The Balaban J connectivity index is 2.13. The second-order valence-electron chi connectivity index (χ2n) is 4.82. The van der Waals surface area contributed by atoms with Crippen molar-refractivity contribution in [2.24, 2.45) is 5.92 Å². The number of amides is 1. The minimum absolute atomic E-state index is 0.0304. The topological polar surface area (TPSA) is 69.0 Å². The zero-order valence-electron chi connectivity index (χ0n) is 11.4. The lowest BCUT2D eigenvalue weighted by molar-refractivity contribution is -0.125. The molecule has 1 saturated heterocycles. The first-order chi connectivity index (χ1) is 9.65. The number of nitriles is 1. The number of rotatable bonds is 3. The van der Waals surface area contributed by atoms with Crippen LogP contribution in [-0.2, 0) is 4.79 Å². The van der Waals surface area contributed by atoms with Gasteiger partial charge in [-0.25, -0.2) is 4.98 Å². The van der Waals surface area contributed by atoms with Gasteiger partial charge in [0.2, 0.25) is 5.91 Å². The molecule has 1 N–H and O–H groups in total. The largest absolute Gasteiger partial charge is 0.356 e. The number of hydrogen-bond acceptors (Lipinski definition) is 4. The van der Waals surface area contributed by atoms with E-state index in [1.165, 1.54) is 6.20 Å². The summed E-state index contributed by atoms with van der Waals surface area (Å²) in [5, 5.41) is 12.1. The minimum Gasteiger partial charge on any atom is -0.356 e. The van der Waals surface area contributed by atoms with Crippen molar-refractivity contribution in [1.82, 2.24) is 10.3 Å². The van der Waals surface area contributed by atoms with Gasteiger partial charge in [-0.15, -0.1) is 0 Å². The lowest BCUT2D eigenvalue weighted by Gasteiger charge is -2.33. The van der Waals surface area contributed by atoms with Gasteiger partial charge >= 0.3 is 0 Å². The Labute approximate surface area is 123 Å². The number of piperidine rings is 1. The highest BCUT2D eigenvalue weighted by Crippen LogP contribution is 2.28. The molecule has 1 fully saturated rings. The van der Waals surface area contributed by atoms with Gasteiger partial charge < -0.3 is 10.2 Å². The van der Waals surface area contributed by atoms with Gasteiger partial charge in [-0.3, -0.25) is 4.79 Å². The summed E-state index contributed by atoms with van der Waals surface area (Å²) in [5.74, 6) is 0.707. The molecule has 0 spiro atoms. The van der Waals surface area contributed by atoms with Crippen molar-refractivity contribution in [2.45, 2.75) is 19.8 Å². The summed E-state index contributed by atoms with van der Waals surface area (Å²) in [4.78, 5) is 18.2. The van der Waals surface area contributed by atoms with Crippen LogP contribution in [0.4, 0.5) is 5.82 Å². The smallest absolute Gasteiger partial charge is 0.224 e. The number of anilines is 1. The predicted molar refractivity (Wildman–Crippen MR) is 77.6 cm³/mol. The second-order valence-corrected chi connectivity index (χ2v) is 5.23. The first-order valence-electron chi connectivity index (χ1n) is 6.74. The monoisotopic (exact) mass is 292 g/mol. The number of pyridine rings is 1. The molecule has 1 aliphatic heterocycles. The van der Waals surface area contributed by atoms with E-state index < -0.39 is 0 Å². The molecule has 2 rings (SSSR count). The maximum absolute atomic E-state index is 11.9. The molecule has 0 bridgehead atoms. The van der Waals surface area contributed by atoms with Gasteiger partial charge in [0.15, 0.2) is 0 Å². The fourth-order valence-electron chi connectivity index (χ4n) is 2.43. The third-order valence-electron chi connectivity index (χ3n) is 3.39. The van der Waals surface area contributed by atoms with Crippen molar-refractivity contribution in [1.29, 1.82) is 5.26 Å². The molecular formula is C14H17ClN4O. The molecule has 106 valence electrons. The Morgan fingerprint density at radius 3 is 3.15 bits per heavy atom. The number of nitrogens with one attached hydrogen (secondary N) is 1. The number of hydrogen-bond donors (Lipinski definition) is 1. The van der Waals surface area contributed by atoms with Gasteiger partial charge in [-0.2, -0.15) is 5.26 Å². The zero-order chi connectivity index (χ0) is 14.5. The van der Waals surface area contributed by atoms with Crippen molar-refractivity contribution in [3.05, 3.63) is 22.8 Å². The molecular weight excluding hydrogens is 276 g/mol.